The van der Waals surface area contributed by atoms with Gasteiger partial charge in [-0.25, -0.2) is 9.69 Å². The van der Waals surface area contributed by atoms with Gasteiger partial charge in [-0.2, -0.15) is 0 Å². The largest absolute Gasteiger partial charge is 0.443 e. The van der Waals surface area contributed by atoms with Crippen LogP contribution in [0.4, 0.5) is 10.5 Å². The van der Waals surface area contributed by atoms with Crippen LogP contribution in [0.25, 0.3) is 0 Å². The summed E-state index contributed by atoms with van der Waals surface area (Å²) in [6.45, 7) is 9.28. The summed E-state index contributed by atoms with van der Waals surface area (Å²) in [5, 5.41) is 0. The van der Waals surface area contributed by atoms with Gasteiger partial charge in [-0.05, 0) is 58.2 Å². The molecule has 1 aliphatic heterocycles. The van der Waals surface area contributed by atoms with Crippen LogP contribution in [0.15, 0.2) is 72.8 Å². The first-order valence-corrected chi connectivity index (χ1v) is 11.9. The highest BCUT2D eigenvalue weighted by Crippen LogP contribution is 2.50. The van der Waals surface area contributed by atoms with Crippen LogP contribution in [0, 0.1) is 13.8 Å². The highest BCUT2D eigenvalue weighted by atomic mass is 16.6. The molecule has 0 spiro atoms. The zero-order valence-electron chi connectivity index (χ0n) is 20.9. The Hall–Kier alpha value is -3.73. The van der Waals surface area contributed by atoms with E-state index in [1.165, 1.54) is 0 Å². The lowest BCUT2D eigenvalue weighted by molar-refractivity contribution is -0.121. The minimum Gasteiger partial charge on any atom is -0.443 e. The van der Waals surface area contributed by atoms with Crippen LogP contribution in [0.1, 0.15) is 66.2 Å². The molecule has 5 nitrogen and oxygen atoms in total. The monoisotopic (exact) mass is 469 g/mol. The Morgan fingerprint density at radius 3 is 2.11 bits per heavy atom. The molecule has 0 fully saturated rings. The van der Waals surface area contributed by atoms with Crippen LogP contribution in [-0.4, -0.2) is 23.4 Å². The summed E-state index contributed by atoms with van der Waals surface area (Å²) in [5.41, 5.74) is 2.66. The minimum absolute atomic E-state index is 0.0460. The third kappa shape index (κ3) is 4.63. The quantitative estimate of drug-likeness (QED) is 0.398. The van der Waals surface area contributed by atoms with Crippen LogP contribution in [0.2, 0.25) is 0 Å². The first-order valence-electron chi connectivity index (χ1n) is 11.9. The maximum Gasteiger partial charge on any atom is 0.421 e. The normalized spacial score (nSPS) is 17.3. The lowest BCUT2D eigenvalue weighted by Gasteiger charge is -2.30. The summed E-state index contributed by atoms with van der Waals surface area (Å²) in [5.74, 6) is -0.436. The van der Waals surface area contributed by atoms with Crippen molar-refractivity contribution in [2.45, 2.75) is 58.5 Å². The van der Waals surface area contributed by atoms with Crippen molar-refractivity contribution in [3.63, 3.8) is 0 Å². The fourth-order valence-electron chi connectivity index (χ4n) is 4.89. The number of hydrogen-bond acceptors (Lipinski definition) is 4. The van der Waals surface area contributed by atoms with Crippen molar-refractivity contribution in [2.75, 3.05) is 4.90 Å². The van der Waals surface area contributed by atoms with Gasteiger partial charge in [0.15, 0.2) is 5.78 Å². The molecule has 3 aromatic rings. The van der Waals surface area contributed by atoms with E-state index in [0.717, 1.165) is 21.6 Å². The van der Waals surface area contributed by atoms with Crippen molar-refractivity contribution >= 4 is 23.5 Å². The molecule has 0 saturated heterocycles. The van der Waals surface area contributed by atoms with Crippen molar-refractivity contribution in [2.24, 2.45) is 0 Å². The van der Waals surface area contributed by atoms with Crippen molar-refractivity contribution in [1.29, 1.82) is 0 Å². The second kappa shape index (κ2) is 9.14. The molecular weight excluding hydrogens is 438 g/mol. The van der Waals surface area contributed by atoms with E-state index in [9.17, 15) is 14.4 Å². The third-order valence-corrected chi connectivity index (χ3v) is 6.29. The standard InChI is InChI=1S/C30H31NO4/c1-20-17-21(2)19-23(18-20)30(16-15-26(32)22-11-7-6-8-12-22)24-13-9-10-14-25(24)31(27(30)33)28(34)35-29(3,4)5/h6-14,17-19H,15-16H2,1-5H3/t30-/m0/s1. The molecule has 0 aromatic heterocycles. The van der Waals surface area contributed by atoms with E-state index in [1.807, 2.05) is 62.4 Å². The first kappa shape index (κ1) is 24.4. The van der Waals surface area contributed by atoms with Gasteiger partial charge in [0.1, 0.15) is 11.0 Å². The molecule has 0 bridgehead atoms. The highest BCUT2D eigenvalue weighted by molar-refractivity contribution is 6.22. The van der Waals surface area contributed by atoms with E-state index in [2.05, 4.69) is 0 Å². The van der Waals surface area contributed by atoms with Crippen LogP contribution < -0.4 is 4.90 Å². The highest BCUT2D eigenvalue weighted by Gasteiger charge is 2.54. The number of benzene rings is 3. The molecule has 0 aliphatic carbocycles. The third-order valence-electron chi connectivity index (χ3n) is 6.29. The molecule has 5 heteroatoms. The van der Waals surface area contributed by atoms with Gasteiger partial charge in [-0.1, -0.05) is 77.9 Å². The molecule has 3 aromatic carbocycles. The van der Waals surface area contributed by atoms with Crippen molar-refractivity contribution in [1.82, 2.24) is 0 Å². The molecule has 1 heterocycles. The lowest BCUT2D eigenvalue weighted by atomic mass is 9.71. The number of nitrogens with zero attached hydrogens (tertiary/aromatic N) is 1. The predicted molar refractivity (Wildman–Crippen MR) is 137 cm³/mol. The smallest absolute Gasteiger partial charge is 0.421 e. The molecule has 1 aliphatic rings. The van der Waals surface area contributed by atoms with E-state index in [-0.39, 0.29) is 24.5 Å². The Morgan fingerprint density at radius 2 is 1.49 bits per heavy atom. The Morgan fingerprint density at radius 1 is 0.886 bits per heavy atom. The number of Topliss-reactive ketones (excluding diaryl/α,β-unsaturated/α-hetero) is 1. The van der Waals surface area contributed by atoms with Gasteiger partial charge in [0.2, 0.25) is 0 Å². The molecular formula is C30H31NO4. The Labute approximate surface area is 206 Å². The number of hydrogen-bond donors (Lipinski definition) is 0. The van der Waals surface area contributed by atoms with Gasteiger partial charge in [0.05, 0.1) is 5.69 Å². The number of aryl methyl sites for hydroxylation is 2. The van der Waals surface area contributed by atoms with Gasteiger partial charge in [-0.15, -0.1) is 0 Å². The fraction of sp³-hybridized carbons (Fsp3) is 0.300. The molecule has 0 N–H and O–H groups in total. The number of ketones is 1. The Bertz CT molecular complexity index is 1270. The number of fused-ring (bicyclic) bond motifs is 1. The summed E-state index contributed by atoms with van der Waals surface area (Å²) >= 11 is 0. The summed E-state index contributed by atoms with van der Waals surface area (Å²) in [4.78, 5) is 41.8. The van der Waals surface area contributed by atoms with Crippen LogP contribution >= 0.6 is 0 Å². The second-order valence-electron chi connectivity index (χ2n) is 10.2. The number of carbonyl (C=O) groups is 3. The number of carbonyl (C=O) groups excluding carboxylic acids is 3. The van der Waals surface area contributed by atoms with Crippen LogP contribution in [0.5, 0.6) is 0 Å². The summed E-state index contributed by atoms with van der Waals surface area (Å²) in [6.07, 6.45) is -0.326. The van der Waals surface area contributed by atoms with Gasteiger partial charge in [0, 0.05) is 12.0 Å². The minimum atomic E-state index is -1.19. The van der Waals surface area contributed by atoms with Crippen molar-refractivity contribution in [3.8, 4) is 0 Å². The predicted octanol–water partition coefficient (Wildman–Crippen LogP) is 6.53. The van der Waals surface area contributed by atoms with Gasteiger partial charge < -0.3 is 4.74 Å². The molecule has 4 rings (SSSR count). The van der Waals surface area contributed by atoms with Crippen LogP contribution in [0.3, 0.4) is 0 Å². The van der Waals surface area contributed by atoms with E-state index in [0.29, 0.717) is 16.8 Å². The number of imide groups is 1. The van der Waals surface area contributed by atoms with Gasteiger partial charge >= 0.3 is 6.09 Å². The molecule has 0 saturated carbocycles. The Balaban J connectivity index is 1.86. The average molecular weight is 470 g/mol. The SMILES string of the molecule is Cc1cc(C)cc([C@]2(CCC(=O)c3ccccc3)C(=O)N(C(=O)OC(C)(C)C)c3ccccc32)c1. The molecule has 0 unspecified atom stereocenters. The number of rotatable bonds is 5. The maximum absolute atomic E-state index is 14.3. The van der Waals surface area contributed by atoms with Crippen molar-refractivity contribution in [3.05, 3.63) is 101 Å². The van der Waals surface area contributed by atoms with Gasteiger partial charge in [0.25, 0.3) is 5.91 Å². The van der Waals surface area contributed by atoms with E-state index in [4.69, 9.17) is 4.74 Å². The number of para-hydroxylation sites is 1. The molecule has 0 radical (unpaired) electrons. The number of amides is 2. The average Bonchev–Trinajstić information content (AvgIpc) is 3.05. The molecule has 2 amide bonds. The zero-order valence-corrected chi connectivity index (χ0v) is 20.9. The molecule has 180 valence electrons. The lowest BCUT2D eigenvalue weighted by Crippen LogP contribution is -2.46. The molecule has 35 heavy (non-hydrogen) atoms. The second-order valence-corrected chi connectivity index (χ2v) is 10.2. The maximum atomic E-state index is 14.3. The summed E-state index contributed by atoms with van der Waals surface area (Å²) < 4.78 is 5.62. The van der Waals surface area contributed by atoms with Crippen molar-refractivity contribution < 1.29 is 19.1 Å². The number of ether oxygens (including phenoxy) is 1. The van der Waals surface area contributed by atoms with E-state index in [1.54, 1.807) is 45.0 Å². The summed E-state index contributed by atoms with van der Waals surface area (Å²) in [6, 6.07) is 22.4. The topological polar surface area (TPSA) is 63.7 Å². The number of anilines is 1. The Kier molecular flexibility index (Phi) is 6.37. The zero-order chi connectivity index (χ0) is 25.4. The van der Waals surface area contributed by atoms with Crippen LogP contribution in [-0.2, 0) is 14.9 Å². The van der Waals surface area contributed by atoms with Gasteiger partial charge in [-0.3, -0.25) is 9.59 Å². The van der Waals surface area contributed by atoms with E-state index >= 15 is 0 Å². The summed E-state index contributed by atoms with van der Waals surface area (Å²) in [7, 11) is 0. The van der Waals surface area contributed by atoms with E-state index < -0.39 is 17.1 Å². The fourth-order valence-corrected chi connectivity index (χ4v) is 4.89. The molecule has 1 atom stereocenters. The first-order chi connectivity index (χ1) is 16.5.